The van der Waals surface area contributed by atoms with Gasteiger partial charge in [-0.1, -0.05) is 19.4 Å². The molecule has 5 heteroatoms. The van der Waals surface area contributed by atoms with Crippen LogP contribution in [0, 0.1) is 6.92 Å². The highest BCUT2D eigenvalue weighted by molar-refractivity contribution is 5.99. The molecule has 0 bridgehead atoms. The van der Waals surface area contributed by atoms with Gasteiger partial charge in [-0.05, 0) is 32.4 Å². The Morgan fingerprint density at radius 1 is 1.37 bits per heavy atom. The highest BCUT2D eigenvalue weighted by atomic mass is 16.4. The van der Waals surface area contributed by atoms with E-state index < -0.39 is 17.4 Å². The normalized spacial score (nSPS) is 13.6. The largest absolute Gasteiger partial charge is 0.508 e. The predicted molar refractivity (Wildman–Crippen MR) is 71.3 cm³/mol. The summed E-state index contributed by atoms with van der Waals surface area (Å²) < 4.78 is 0. The van der Waals surface area contributed by atoms with Gasteiger partial charge in [-0.25, -0.2) is 4.79 Å². The Labute approximate surface area is 112 Å². The van der Waals surface area contributed by atoms with Crippen LogP contribution in [0.1, 0.15) is 42.6 Å². The molecule has 0 spiro atoms. The van der Waals surface area contributed by atoms with Crippen molar-refractivity contribution >= 4 is 11.9 Å². The van der Waals surface area contributed by atoms with E-state index in [1.54, 1.807) is 19.1 Å². The van der Waals surface area contributed by atoms with Gasteiger partial charge >= 0.3 is 5.97 Å². The van der Waals surface area contributed by atoms with Gasteiger partial charge in [0.1, 0.15) is 11.3 Å². The lowest BCUT2D eigenvalue weighted by Crippen LogP contribution is -2.52. The third-order valence-electron chi connectivity index (χ3n) is 3.16. The number of carbonyl (C=O) groups is 2. The van der Waals surface area contributed by atoms with Crippen molar-refractivity contribution in [2.24, 2.45) is 0 Å². The van der Waals surface area contributed by atoms with E-state index in [0.717, 1.165) is 0 Å². The second-order valence-electron chi connectivity index (χ2n) is 4.79. The number of carboxylic acids is 1. The van der Waals surface area contributed by atoms with Crippen LogP contribution in [0.15, 0.2) is 18.2 Å². The first-order chi connectivity index (χ1) is 8.81. The molecule has 1 rings (SSSR count). The van der Waals surface area contributed by atoms with Gasteiger partial charge in [-0.3, -0.25) is 4.79 Å². The minimum atomic E-state index is -1.30. The van der Waals surface area contributed by atoms with E-state index in [0.29, 0.717) is 18.4 Å². The molecule has 0 aliphatic carbocycles. The van der Waals surface area contributed by atoms with Crippen molar-refractivity contribution in [3.63, 3.8) is 0 Å². The fraction of sp³-hybridized carbons (Fsp3) is 0.429. The van der Waals surface area contributed by atoms with Gasteiger partial charge in [-0.2, -0.15) is 0 Å². The quantitative estimate of drug-likeness (QED) is 0.760. The molecule has 104 valence electrons. The lowest BCUT2D eigenvalue weighted by atomic mass is 9.95. The zero-order chi connectivity index (χ0) is 14.6. The molecule has 1 aromatic carbocycles. The molecule has 0 fully saturated rings. The maximum absolute atomic E-state index is 12.1. The first kappa shape index (κ1) is 15.0. The molecule has 0 aromatic heterocycles. The van der Waals surface area contributed by atoms with Crippen LogP contribution in [0.25, 0.3) is 0 Å². The second-order valence-corrected chi connectivity index (χ2v) is 4.79. The predicted octanol–water partition coefficient (Wildman–Crippen LogP) is 2.07. The SMILES string of the molecule is CCCC(C)(NC(=O)c1cccc(O)c1C)C(=O)O. The highest BCUT2D eigenvalue weighted by Gasteiger charge is 2.34. The number of nitrogens with one attached hydrogen (secondary N) is 1. The Balaban J connectivity index is 3.01. The van der Waals surface area contributed by atoms with Crippen molar-refractivity contribution < 1.29 is 19.8 Å². The van der Waals surface area contributed by atoms with E-state index in [4.69, 9.17) is 0 Å². The third-order valence-corrected chi connectivity index (χ3v) is 3.16. The Hall–Kier alpha value is -2.04. The van der Waals surface area contributed by atoms with E-state index in [1.165, 1.54) is 13.0 Å². The number of benzene rings is 1. The van der Waals surface area contributed by atoms with Crippen LogP contribution in [-0.4, -0.2) is 27.6 Å². The number of phenolic OH excluding ortho intramolecular Hbond substituents is 1. The Bertz CT molecular complexity index is 498. The number of hydrogen-bond donors (Lipinski definition) is 3. The van der Waals surface area contributed by atoms with E-state index in [-0.39, 0.29) is 11.3 Å². The van der Waals surface area contributed by atoms with Crippen molar-refractivity contribution in [1.82, 2.24) is 5.32 Å². The van der Waals surface area contributed by atoms with Crippen LogP contribution in [0.3, 0.4) is 0 Å². The molecule has 1 atom stereocenters. The van der Waals surface area contributed by atoms with Crippen LogP contribution in [0.5, 0.6) is 5.75 Å². The minimum absolute atomic E-state index is 0.0140. The monoisotopic (exact) mass is 265 g/mol. The maximum atomic E-state index is 12.1. The van der Waals surface area contributed by atoms with Crippen LogP contribution >= 0.6 is 0 Å². The molecule has 3 N–H and O–H groups in total. The second kappa shape index (κ2) is 5.73. The van der Waals surface area contributed by atoms with Crippen LogP contribution in [0.2, 0.25) is 0 Å². The summed E-state index contributed by atoms with van der Waals surface area (Å²) in [7, 11) is 0. The molecule has 1 aromatic rings. The van der Waals surface area contributed by atoms with Gasteiger partial charge in [0, 0.05) is 11.1 Å². The summed E-state index contributed by atoms with van der Waals surface area (Å²) in [5, 5.41) is 21.3. The number of carboxylic acid groups (broad SMARTS) is 1. The van der Waals surface area contributed by atoms with Gasteiger partial charge in [0.05, 0.1) is 0 Å². The van der Waals surface area contributed by atoms with Crippen LogP contribution in [0.4, 0.5) is 0 Å². The van der Waals surface area contributed by atoms with Crippen molar-refractivity contribution in [3.8, 4) is 5.75 Å². The Kier molecular flexibility index (Phi) is 4.53. The molecule has 0 aliphatic heterocycles. The summed E-state index contributed by atoms with van der Waals surface area (Å²) in [6, 6.07) is 4.59. The molecule has 0 radical (unpaired) electrons. The summed E-state index contributed by atoms with van der Waals surface area (Å²) in [5.74, 6) is -1.55. The maximum Gasteiger partial charge on any atom is 0.329 e. The summed E-state index contributed by atoms with van der Waals surface area (Å²) in [6.07, 6.45) is 0.980. The van der Waals surface area contributed by atoms with Crippen molar-refractivity contribution in [3.05, 3.63) is 29.3 Å². The molecule has 0 saturated carbocycles. The van der Waals surface area contributed by atoms with E-state index >= 15 is 0 Å². The van der Waals surface area contributed by atoms with Gasteiger partial charge in [0.15, 0.2) is 0 Å². The molecule has 5 nitrogen and oxygen atoms in total. The smallest absolute Gasteiger partial charge is 0.329 e. The summed E-state index contributed by atoms with van der Waals surface area (Å²) in [4.78, 5) is 23.4. The number of hydrogen-bond acceptors (Lipinski definition) is 3. The molecule has 19 heavy (non-hydrogen) atoms. The van der Waals surface area contributed by atoms with Crippen molar-refractivity contribution in [2.45, 2.75) is 39.2 Å². The number of aliphatic carboxylic acids is 1. The molecule has 0 saturated heterocycles. The van der Waals surface area contributed by atoms with Crippen LogP contribution < -0.4 is 5.32 Å². The van der Waals surface area contributed by atoms with E-state index in [9.17, 15) is 19.8 Å². The summed E-state index contributed by atoms with van der Waals surface area (Å²) in [5.41, 5.74) is -0.586. The fourth-order valence-electron chi connectivity index (χ4n) is 1.91. The average Bonchev–Trinajstić information content (AvgIpc) is 2.32. The highest BCUT2D eigenvalue weighted by Crippen LogP contribution is 2.21. The van der Waals surface area contributed by atoms with E-state index in [2.05, 4.69) is 5.32 Å². The molecule has 0 aliphatic rings. The summed E-state index contributed by atoms with van der Waals surface area (Å²) in [6.45, 7) is 4.95. The topological polar surface area (TPSA) is 86.6 Å². The number of amides is 1. The number of rotatable bonds is 5. The van der Waals surface area contributed by atoms with Crippen molar-refractivity contribution in [1.29, 1.82) is 0 Å². The zero-order valence-corrected chi connectivity index (χ0v) is 11.4. The minimum Gasteiger partial charge on any atom is -0.508 e. The number of phenols is 1. The Morgan fingerprint density at radius 2 is 2.00 bits per heavy atom. The first-order valence-electron chi connectivity index (χ1n) is 6.16. The van der Waals surface area contributed by atoms with Gasteiger partial charge in [0.2, 0.25) is 0 Å². The first-order valence-corrected chi connectivity index (χ1v) is 6.16. The zero-order valence-electron chi connectivity index (χ0n) is 11.4. The third kappa shape index (κ3) is 3.24. The fourth-order valence-corrected chi connectivity index (χ4v) is 1.91. The van der Waals surface area contributed by atoms with Gasteiger partial charge in [0.25, 0.3) is 5.91 Å². The van der Waals surface area contributed by atoms with Gasteiger partial charge < -0.3 is 15.5 Å². The molecular weight excluding hydrogens is 246 g/mol. The number of aromatic hydroxyl groups is 1. The number of carbonyl (C=O) groups excluding carboxylic acids is 1. The molecular formula is C14H19NO4. The van der Waals surface area contributed by atoms with Gasteiger partial charge in [-0.15, -0.1) is 0 Å². The summed E-state index contributed by atoms with van der Waals surface area (Å²) >= 11 is 0. The van der Waals surface area contributed by atoms with E-state index in [1.807, 2.05) is 6.92 Å². The van der Waals surface area contributed by atoms with Crippen molar-refractivity contribution in [2.75, 3.05) is 0 Å². The Morgan fingerprint density at radius 3 is 2.53 bits per heavy atom. The average molecular weight is 265 g/mol. The molecule has 1 unspecified atom stereocenters. The lowest BCUT2D eigenvalue weighted by molar-refractivity contribution is -0.144. The lowest BCUT2D eigenvalue weighted by Gasteiger charge is -2.26. The van der Waals surface area contributed by atoms with Crippen LogP contribution in [-0.2, 0) is 4.79 Å². The standard InChI is InChI=1S/C14H19NO4/c1-4-8-14(3,13(18)19)15-12(17)10-6-5-7-11(16)9(10)2/h5-7,16H,4,8H2,1-3H3,(H,15,17)(H,18,19). The molecule has 1 amide bonds. The molecule has 0 heterocycles.